The van der Waals surface area contributed by atoms with Crippen molar-refractivity contribution in [2.24, 2.45) is 5.92 Å². The van der Waals surface area contributed by atoms with Crippen LogP contribution in [0.1, 0.15) is 37.3 Å². The summed E-state index contributed by atoms with van der Waals surface area (Å²) in [5.41, 5.74) is 0. The Morgan fingerprint density at radius 3 is 3.05 bits per heavy atom. The number of thiazole rings is 1. The Hall–Kier alpha value is -1.82. The number of aromatic nitrogens is 1. The van der Waals surface area contributed by atoms with E-state index in [1.807, 2.05) is 29.3 Å². The second-order valence-electron chi connectivity index (χ2n) is 5.55. The van der Waals surface area contributed by atoms with Crippen molar-refractivity contribution in [3.8, 4) is 0 Å². The fourth-order valence-corrected chi connectivity index (χ4v) is 3.25. The van der Waals surface area contributed by atoms with Crippen LogP contribution in [0.2, 0.25) is 0 Å². The Kier molecular flexibility index (Phi) is 3.96. The zero-order valence-electron chi connectivity index (χ0n) is 12.2. The van der Waals surface area contributed by atoms with Gasteiger partial charge in [-0.3, -0.25) is 5.32 Å². The topological polar surface area (TPSA) is 58.4 Å². The van der Waals surface area contributed by atoms with Crippen molar-refractivity contribution in [1.82, 2.24) is 9.88 Å². The largest absolute Gasteiger partial charge is 0.464 e. The van der Waals surface area contributed by atoms with E-state index in [-0.39, 0.29) is 12.1 Å². The fraction of sp³-hybridized carbons (Fsp3) is 0.467. The van der Waals surface area contributed by atoms with Crippen LogP contribution in [0.15, 0.2) is 28.1 Å². The van der Waals surface area contributed by atoms with Gasteiger partial charge in [0.1, 0.15) is 11.5 Å². The molecule has 1 N–H and O–H groups in total. The summed E-state index contributed by atoms with van der Waals surface area (Å²) >= 11 is 1.42. The molecule has 3 rings (SSSR count). The van der Waals surface area contributed by atoms with Gasteiger partial charge in [0.05, 0.1) is 6.04 Å². The molecule has 2 aromatic heterocycles. The van der Waals surface area contributed by atoms with Crippen LogP contribution in [0.4, 0.5) is 9.93 Å². The second-order valence-corrected chi connectivity index (χ2v) is 6.45. The zero-order chi connectivity index (χ0) is 14.8. The van der Waals surface area contributed by atoms with Crippen molar-refractivity contribution in [1.29, 1.82) is 0 Å². The van der Waals surface area contributed by atoms with Gasteiger partial charge < -0.3 is 9.32 Å². The van der Waals surface area contributed by atoms with Gasteiger partial charge in [-0.25, -0.2) is 9.78 Å². The van der Waals surface area contributed by atoms with Crippen LogP contribution in [0.3, 0.4) is 0 Å². The first-order chi connectivity index (χ1) is 10.1. The average molecular weight is 305 g/mol. The second kappa shape index (κ2) is 5.89. The number of nitrogens with one attached hydrogen (secondary N) is 1. The lowest BCUT2D eigenvalue weighted by Crippen LogP contribution is -2.42. The fourth-order valence-electron chi connectivity index (χ4n) is 2.74. The molecule has 112 valence electrons. The molecule has 1 aliphatic heterocycles. The number of rotatable bonds is 2. The summed E-state index contributed by atoms with van der Waals surface area (Å²) in [5.74, 6) is 2.33. The molecule has 0 spiro atoms. The number of carbonyl (C=O) groups excluding carboxylic acids is 1. The molecule has 2 aromatic rings. The van der Waals surface area contributed by atoms with E-state index in [0.29, 0.717) is 11.0 Å². The van der Waals surface area contributed by atoms with E-state index in [9.17, 15) is 4.79 Å². The first-order valence-electron chi connectivity index (χ1n) is 7.17. The van der Waals surface area contributed by atoms with E-state index in [1.165, 1.54) is 11.3 Å². The molecular formula is C15H19N3O2S. The van der Waals surface area contributed by atoms with Crippen LogP contribution in [-0.2, 0) is 0 Å². The maximum Gasteiger partial charge on any atom is 0.324 e. The summed E-state index contributed by atoms with van der Waals surface area (Å²) in [5, 5.41) is 5.35. The Morgan fingerprint density at radius 1 is 1.52 bits per heavy atom. The first-order valence-corrected chi connectivity index (χ1v) is 8.05. The van der Waals surface area contributed by atoms with Crippen molar-refractivity contribution >= 4 is 22.5 Å². The van der Waals surface area contributed by atoms with Gasteiger partial charge in [0, 0.05) is 18.1 Å². The SMILES string of the molecule is Cc1ccc([C@@H]2C[C@@H](C)CCN2C(=O)Nc2nccs2)o1. The minimum absolute atomic E-state index is 0.00223. The molecule has 0 radical (unpaired) electrons. The zero-order valence-corrected chi connectivity index (χ0v) is 13.0. The maximum absolute atomic E-state index is 12.5. The van der Waals surface area contributed by atoms with Gasteiger partial charge in [0.25, 0.3) is 0 Å². The van der Waals surface area contributed by atoms with E-state index >= 15 is 0 Å². The summed E-state index contributed by atoms with van der Waals surface area (Å²) in [6, 6.07) is 3.83. The van der Waals surface area contributed by atoms with Gasteiger partial charge >= 0.3 is 6.03 Å². The smallest absolute Gasteiger partial charge is 0.324 e. The maximum atomic E-state index is 12.5. The summed E-state index contributed by atoms with van der Waals surface area (Å²) in [4.78, 5) is 18.5. The standard InChI is InChI=1S/C15H19N3O2S/c1-10-5-7-18(15(19)17-14-16-6-8-21-14)12(9-10)13-4-3-11(2)20-13/h3-4,6,8,10,12H,5,7,9H2,1-2H3,(H,16,17,19)/t10-,12-/m0/s1. The van der Waals surface area contributed by atoms with E-state index in [1.54, 1.807) is 6.20 Å². The highest BCUT2D eigenvalue weighted by Gasteiger charge is 2.33. The van der Waals surface area contributed by atoms with Crippen LogP contribution >= 0.6 is 11.3 Å². The van der Waals surface area contributed by atoms with Crippen LogP contribution in [0.5, 0.6) is 0 Å². The van der Waals surface area contributed by atoms with Gasteiger partial charge in [0.15, 0.2) is 5.13 Å². The molecule has 21 heavy (non-hydrogen) atoms. The Balaban J connectivity index is 1.79. The summed E-state index contributed by atoms with van der Waals surface area (Å²) < 4.78 is 5.75. The molecule has 1 fully saturated rings. The van der Waals surface area contributed by atoms with Crippen LogP contribution in [-0.4, -0.2) is 22.5 Å². The Bertz CT molecular complexity index is 608. The van der Waals surface area contributed by atoms with Crippen LogP contribution in [0.25, 0.3) is 0 Å². The van der Waals surface area contributed by atoms with E-state index in [4.69, 9.17) is 4.42 Å². The molecule has 6 heteroatoms. The lowest BCUT2D eigenvalue weighted by atomic mass is 9.91. The molecule has 0 aliphatic carbocycles. The third kappa shape index (κ3) is 3.10. The molecule has 0 unspecified atom stereocenters. The van der Waals surface area contributed by atoms with Crippen LogP contribution in [0, 0.1) is 12.8 Å². The molecule has 1 aliphatic rings. The molecule has 5 nitrogen and oxygen atoms in total. The molecule has 0 bridgehead atoms. The lowest BCUT2D eigenvalue weighted by molar-refractivity contribution is 0.128. The van der Waals surface area contributed by atoms with Crippen LogP contribution < -0.4 is 5.32 Å². The highest BCUT2D eigenvalue weighted by atomic mass is 32.1. The summed E-state index contributed by atoms with van der Waals surface area (Å²) in [6.07, 6.45) is 3.63. The number of amides is 2. The number of likely N-dealkylation sites (tertiary alicyclic amines) is 1. The number of carbonyl (C=O) groups is 1. The highest BCUT2D eigenvalue weighted by Crippen LogP contribution is 2.35. The summed E-state index contributed by atoms with van der Waals surface area (Å²) in [7, 11) is 0. The number of hydrogen-bond acceptors (Lipinski definition) is 4. The van der Waals surface area contributed by atoms with Gasteiger partial charge in [-0.1, -0.05) is 6.92 Å². The normalized spacial score (nSPS) is 22.3. The molecule has 2 atom stereocenters. The molecule has 3 heterocycles. The number of aryl methyl sites for hydroxylation is 1. The predicted molar refractivity (Wildman–Crippen MR) is 82.4 cm³/mol. The number of piperidine rings is 1. The van der Waals surface area contributed by atoms with E-state index < -0.39 is 0 Å². The van der Waals surface area contributed by atoms with Crippen molar-refractivity contribution in [3.63, 3.8) is 0 Å². The third-order valence-electron chi connectivity index (χ3n) is 3.86. The third-order valence-corrected chi connectivity index (χ3v) is 4.55. The Morgan fingerprint density at radius 2 is 2.38 bits per heavy atom. The number of urea groups is 1. The number of anilines is 1. The number of nitrogens with zero attached hydrogens (tertiary/aromatic N) is 2. The quantitative estimate of drug-likeness (QED) is 0.910. The minimum Gasteiger partial charge on any atom is -0.464 e. The van der Waals surface area contributed by atoms with Gasteiger partial charge in [0.2, 0.25) is 0 Å². The Labute approximate surface area is 128 Å². The monoisotopic (exact) mass is 305 g/mol. The first kappa shape index (κ1) is 14.1. The van der Waals surface area contributed by atoms with Gasteiger partial charge in [-0.15, -0.1) is 11.3 Å². The number of furan rings is 1. The predicted octanol–water partition coefficient (Wildman–Crippen LogP) is 4.05. The highest BCUT2D eigenvalue weighted by molar-refractivity contribution is 7.13. The van der Waals surface area contributed by atoms with Gasteiger partial charge in [-0.2, -0.15) is 0 Å². The number of hydrogen-bond donors (Lipinski definition) is 1. The molecule has 0 aromatic carbocycles. The minimum atomic E-state index is -0.101. The van der Waals surface area contributed by atoms with E-state index in [0.717, 1.165) is 30.9 Å². The molecule has 2 amide bonds. The lowest BCUT2D eigenvalue weighted by Gasteiger charge is -2.37. The van der Waals surface area contributed by atoms with Crippen molar-refractivity contribution < 1.29 is 9.21 Å². The average Bonchev–Trinajstić information content (AvgIpc) is 3.10. The van der Waals surface area contributed by atoms with Gasteiger partial charge in [-0.05, 0) is 37.8 Å². The van der Waals surface area contributed by atoms with Crippen molar-refractivity contribution in [2.45, 2.75) is 32.7 Å². The van der Waals surface area contributed by atoms with Crippen molar-refractivity contribution in [3.05, 3.63) is 35.2 Å². The van der Waals surface area contributed by atoms with E-state index in [2.05, 4.69) is 17.2 Å². The summed E-state index contributed by atoms with van der Waals surface area (Å²) in [6.45, 7) is 4.89. The van der Waals surface area contributed by atoms with Crippen molar-refractivity contribution in [2.75, 3.05) is 11.9 Å². The molecule has 1 saturated heterocycles. The molecular weight excluding hydrogens is 286 g/mol. The molecule has 0 saturated carbocycles.